The Bertz CT molecular complexity index is 1070. The van der Waals surface area contributed by atoms with Crippen molar-refractivity contribution in [2.45, 2.75) is 43.2 Å². The van der Waals surface area contributed by atoms with Crippen LogP contribution in [0.5, 0.6) is 0 Å². The number of esters is 1. The Morgan fingerprint density at radius 2 is 1.84 bits per heavy atom. The molecule has 3 heterocycles. The van der Waals surface area contributed by atoms with E-state index in [0.29, 0.717) is 5.69 Å². The van der Waals surface area contributed by atoms with Crippen molar-refractivity contribution in [3.05, 3.63) is 49.6 Å². The van der Waals surface area contributed by atoms with Gasteiger partial charge in [-0.1, -0.05) is 25.7 Å². The first-order valence-corrected chi connectivity index (χ1v) is 14.3. The summed E-state index contributed by atoms with van der Waals surface area (Å²) in [6.07, 6.45) is 3.91. The molecule has 3 unspecified atom stereocenters. The SMILES string of the molecule is C=CCOC(=O)[C@@H]1[C@@H]2CC(C)C3(S2)C(C(=O)N(CC=C)c2ccc(N(CC)CC)cc2)N(CCO)C(=O)[C@H]13. The number of hydrogen-bond donors (Lipinski definition) is 1. The first-order chi connectivity index (χ1) is 18.3. The molecule has 206 valence electrons. The van der Waals surface area contributed by atoms with Crippen LogP contribution in [0.3, 0.4) is 0 Å². The molecule has 38 heavy (non-hydrogen) atoms. The lowest BCUT2D eigenvalue weighted by Gasteiger charge is -2.40. The largest absolute Gasteiger partial charge is 0.461 e. The van der Waals surface area contributed by atoms with E-state index in [-0.39, 0.29) is 49.3 Å². The summed E-state index contributed by atoms with van der Waals surface area (Å²) in [7, 11) is 0. The molecule has 1 spiro atoms. The maximum absolute atomic E-state index is 14.5. The number of nitrogens with zero attached hydrogens (tertiary/aromatic N) is 3. The second kappa shape index (κ2) is 11.5. The number of carbonyl (C=O) groups is 3. The number of β-amino-alcohol motifs (C(OH)–C–C–N with tert-alkyl or cyclic N) is 1. The minimum absolute atomic E-state index is 0.0304. The Morgan fingerprint density at radius 3 is 2.42 bits per heavy atom. The Kier molecular flexibility index (Phi) is 8.57. The molecule has 8 nitrogen and oxygen atoms in total. The van der Waals surface area contributed by atoms with Gasteiger partial charge >= 0.3 is 5.97 Å². The number of likely N-dealkylation sites (tertiary alicyclic amines) is 1. The fourth-order valence-corrected chi connectivity index (χ4v) is 9.09. The van der Waals surface area contributed by atoms with Gasteiger partial charge in [-0.3, -0.25) is 14.4 Å². The van der Waals surface area contributed by atoms with Crippen molar-refractivity contribution in [1.82, 2.24) is 4.90 Å². The van der Waals surface area contributed by atoms with E-state index < -0.39 is 28.6 Å². The number of hydrogen-bond acceptors (Lipinski definition) is 7. The third-order valence-corrected chi connectivity index (χ3v) is 10.4. The smallest absolute Gasteiger partial charge is 0.311 e. The van der Waals surface area contributed by atoms with Gasteiger partial charge in [0, 0.05) is 42.8 Å². The third kappa shape index (κ3) is 4.43. The molecule has 3 saturated heterocycles. The summed E-state index contributed by atoms with van der Waals surface area (Å²) in [5.74, 6) is -2.15. The number of carbonyl (C=O) groups excluding carboxylic acids is 3. The zero-order valence-corrected chi connectivity index (χ0v) is 23.4. The normalized spacial score (nSPS) is 29.2. The maximum Gasteiger partial charge on any atom is 0.311 e. The molecule has 1 aromatic rings. The van der Waals surface area contributed by atoms with E-state index >= 15 is 0 Å². The average Bonchev–Trinajstić information content (AvgIpc) is 3.51. The fraction of sp³-hybridized carbons (Fsp3) is 0.552. The number of aliphatic hydroxyl groups excluding tert-OH is 1. The van der Waals surface area contributed by atoms with Gasteiger partial charge in [0.05, 0.1) is 23.2 Å². The molecule has 0 saturated carbocycles. The Labute approximate surface area is 229 Å². The fourth-order valence-electron chi connectivity index (χ4n) is 6.68. The predicted octanol–water partition coefficient (Wildman–Crippen LogP) is 3.11. The van der Waals surface area contributed by atoms with Crippen molar-refractivity contribution in [1.29, 1.82) is 0 Å². The van der Waals surface area contributed by atoms with Crippen LogP contribution in [0.4, 0.5) is 11.4 Å². The van der Waals surface area contributed by atoms with Gasteiger partial charge in [-0.05, 0) is 50.5 Å². The lowest BCUT2D eigenvalue weighted by atomic mass is 9.66. The van der Waals surface area contributed by atoms with Gasteiger partial charge in [-0.25, -0.2) is 0 Å². The van der Waals surface area contributed by atoms with Crippen molar-refractivity contribution >= 4 is 40.9 Å². The number of aliphatic hydroxyl groups is 1. The molecule has 9 heteroatoms. The van der Waals surface area contributed by atoms with Crippen LogP contribution in [0, 0.1) is 17.8 Å². The molecule has 6 atom stereocenters. The van der Waals surface area contributed by atoms with E-state index in [1.165, 1.54) is 11.0 Å². The van der Waals surface area contributed by atoms with E-state index in [1.54, 1.807) is 22.7 Å². The summed E-state index contributed by atoms with van der Waals surface area (Å²) in [4.78, 5) is 46.9. The van der Waals surface area contributed by atoms with Crippen LogP contribution in [-0.4, -0.2) is 83.2 Å². The van der Waals surface area contributed by atoms with Gasteiger partial charge in [0.25, 0.3) is 5.91 Å². The van der Waals surface area contributed by atoms with E-state index in [9.17, 15) is 19.5 Å². The second-order valence-electron chi connectivity index (χ2n) is 10.2. The van der Waals surface area contributed by atoms with E-state index in [1.807, 2.05) is 24.3 Å². The van der Waals surface area contributed by atoms with Crippen molar-refractivity contribution < 1.29 is 24.2 Å². The molecule has 1 N–H and O–H groups in total. The van der Waals surface area contributed by atoms with Crippen LogP contribution in [-0.2, 0) is 19.1 Å². The number of fused-ring (bicyclic) bond motifs is 1. The molecule has 3 aliphatic heterocycles. The summed E-state index contributed by atoms with van der Waals surface area (Å²) in [6.45, 7) is 15.6. The molecule has 3 aliphatic rings. The first kappa shape index (κ1) is 28.2. The quantitative estimate of drug-likeness (QED) is 0.321. The molecule has 3 fully saturated rings. The van der Waals surface area contributed by atoms with Crippen LogP contribution >= 0.6 is 11.8 Å². The summed E-state index contributed by atoms with van der Waals surface area (Å²) < 4.78 is 4.64. The highest BCUT2D eigenvalue weighted by Gasteiger charge is 2.76. The van der Waals surface area contributed by atoms with E-state index in [2.05, 4.69) is 38.8 Å². The minimum atomic E-state index is -0.809. The molecule has 1 aromatic carbocycles. The maximum atomic E-state index is 14.5. The minimum Gasteiger partial charge on any atom is -0.461 e. The number of anilines is 2. The summed E-state index contributed by atoms with van der Waals surface area (Å²) in [5, 5.41) is 9.78. The van der Waals surface area contributed by atoms with Gasteiger partial charge < -0.3 is 24.5 Å². The molecular formula is C29H39N3O5S. The number of ether oxygens (including phenoxy) is 1. The number of thioether (sulfide) groups is 1. The molecular weight excluding hydrogens is 502 g/mol. The van der Waals surface area contributed by atoms with Gasteiger partial charge in [0.2, 0.25) is 5.91 Å². The van der Waals surface area contributed by atoms with Gasteiger partial charge in [0.15, 0.2) is 0 Å². The number of benzene rings is 1. The Morgan fingerprint density at radius 1 is 1.18 bits per heavy atom. The summed E-state index contributed by atoms with van der Waals surface area (Å²) >= 11 is 1.59. The average molecular weight is 542 g/mol. The van der Waals surface area contributed by atoms with Crippen LogP contribution < -0.4 is 9.80 Å². The zero-order chi connectivity index (χ0) is 27.6. The van der Waals surface area contributed by atoms with Gasteiger partial charge in [-0.2, -0.15) is 0 Å². The van der Waals surface area contributed by atoms with Crippen molar-refractivity contribution in [2.24, 2.45) is 17.8 Å². The highest BCUT2D eigenvalue weighted by molar-refractivity contribution is 8.02. The van der Waals surface area contributed by atoms with E-state index in [4.69, 9.17) is 4.74 Å². The second-order valence-corrected chi connectivity index (χ2v) is 11.7. The van der Waals surface area contributed by atoms with Crippen LogP contribution in [0.25, 0.3) is 0 Å². The lowest BCUT2D eigenvalue weighted by Crippen LogP contribution is -2.57. The standard InChI is InChI=1S/C29H39N3O5S/c1-6-14-31(21-12-10-20(11-13-21)30(8-3)9-4)27(35)25-29-19(5)18-22(38-29)23(28(36)37-17-7-2)24(29)26(34)32(25)15-16-33/h6-7,10-13,19,22-25,33H,1-2,8-9,14-18H2,3-5H3/t19?,22-,23+,24-,25?,29?/m0/s1. The van der Waals surface area contributed by atoms with Crippen LogP contribution in [0.15, 0.2) is 49.6 Å². The van der Waals surface area contributed by atoms with Gasteiger partial charge in [-0.15, -0.1) is 18.3 Å². The first-order valence-electron chi connectivity index (χ1n) is 13.4. The number of amides is 2. The Hall–Kier alpha value is -2.78. The van der Waals surface area contributed by atoms with Crippen molar-refractivity contribution in [3.8, 4) is 0 Å². The molecule has 0 radical (unpaired) electrons. The van der Waals surface area contributed by atoms with Crippen molar-refractivity contribution in [3.63, 3.8) is 0 Å². The van der Waals surface area contributed by atoms with Gasteiger partial charge in [0.1, 0.15) is 12.6 Å². The predicted molar refractivity (Wildman–Crippen MR) is 151 cm³/mol. The van der Waals surface area contributed by atoms with Crippen molar-refractivity contribution in [2.75, 3.05) is 49.2 Å². The molecule has 0 aromatic heterocycles. The third-order valence-electron chi connectivity index (χ3n) is 8.30. The summed E-state index contributed by atoms with van der Waals surface area (Å²) in [5.41, 5.74) is 1.79. The Balaban J connectivity index is 1.73. The van der Waals surface area contributed by atoms with E-state index in [0.717, 1.165) is 25.2 Å². The molecule has 2 amide bonds. The van der Waals surface area contributed by atoms with Crippen LogP contribution in [0.2, 0.25) is 0 Å². The highest BCUT2D eigenvalue weighted by atomic mass is 32.2. The number of rotatable bonds is 12. The topological polar surface area (TPSA) is 90.4 Å². The zero-order valence-electron chi connectivity index (χ0n) is 22.5. The summed E-state index contributed by atoms with van der Waals surface area (Å²) in [6, 6.07) is 7.05. The van der Waals surface area contributed by atoms with Crippen LogP contribution in [0.1, 0.15) is 27.2 Å². The molecule has 2 bridgehead atoms. The highest BCUT2D eigenvalue weighted by Crippen LogP contribution is 2.68. The molecule has 0 aliphatic carbocycles. The molecule has 4 rings (SSSR count). The lowest BCUT2D eigenvalue weighted by molar-refractivity contribution is -0.153. The monoisotopic (exact) mass is 541 g/mol.